The first-order valence-corrected chi connectivity index (χ1v) is 9.13. The molecule has 2 aromatic carbocycles. The van der Waals surface area contributed by atoms with Crippen molar-refractivity contribution in [2.75, 3.05) is 6.61 Å². The van der Waals surface area contributed by atoms with Gasteiger partial charge in [0.2, 0.25) is 0 Å². The number of aromatic amines is 1. The first kappa shape index (κ1) is 16.8. The van der Waals surface area contributed by atoms with Crippen LogP contribution < -0.4 is 10.4 Å². The molecule has 6 heteroatoms. The van der Waals surface area contributed by atoms with Gasteiger partial charge in [-0.1, -0.05) is 15.9 Å². The number of benzene rings is 2. The van der Waals surface area contributed by atoms with Gasteiger partial charge in [0.25, 0.3) is 0 Å². The molecule has 0 atom stereocenters. The van der Waals surface area contributed by atoms with E-state index in [-0.39, 0.29) is 0 Å². The Morgan fingerprint density at radius 2 is 1.92 bits per heavy atom. The molecular weight excluding hydrogens is 396 g/mol. The SMILES string of the molecule is CCOc1cc(Br)cc2cc(-c3nc4cc(C)c(C)cc4[nH]3)c(=O)oc12. The van der Waals surface area contributed by atoms with E-state index in [1.807, 2.05) is 39.0 Å². The number of nitrogens with zero attached hydrogens (tertiary/aromatic N) is 1. The molecule has 0 saturated carbocycles. The Kier molecular flexibility index (Phi) is 4.07. The standard InChI is InChI=1S/C20H17BrN2O3/c1-4-25-17-9-13(21)7-12-8-14(20(24)26-18(12)17)19-22-15-5-10(2)11(3)6-16(15)23-19/h5-9H,4H2,1-3H3,(H,22,23). The molecule has 2 aromatic heterocycles. The number of imidazole rings is 1. The van der Waals surface area contributed by atoms with Crippen LogP contribution in [0.3, 0.4) is 0 Å². The molecule has 0 spiro atoms. The molecule has 0 bridgehead atoms. The molecule has 0 radical (unpaired) electrons. The minimum Gasteiger partial charge on any atom is -0.490 e. The summed E-state index contributed by atoms with van der Waals surface area (Å²) >= 11 is 3.47. The summed E-state index contributed by atoms with van der Waals surface area (Å²) in [6.45, 7) is 6.46. The van der Waals surface area contributed by atoms with E-state index < -0.39 is 5.63 Å². The van der Waals surface area contributed by atoms with Crippen LogP contribution in [0.15, 0.2) is 44.0 Å². The molecule has 0 fully saturated rings. The van der Waals surface area contributed by atoms with E-state index in [0.29, 0.717) is 29.3 Å². The Labute approximate surface area is 158 Å². The van der Waals surface area contributed by atoms with Gasteiger partial charge >= 0.3 is 5.63 Å². The van der Waals surface area contributed by atoms with Crippen LogP contribution in [0.1, 0.15) is 18.1 Å². The first-order chi connectivity index (χ1) is 12.5. The minimum atomic E-state index is -0.451. The number of H-pyrrole nitrogens is 1. The van der Waals surface area contributed by atoms with Gasteiger partial charge in [0.15, 0.2) is 11.3 Å². The summed E-state index contributed by atoms with van der Waals surface area (Å²) in [7, 11) is 0. The van der Waals surface area contributed by atoms with Crippen LogP contribution >= 0.6 is 15.9 Å². The monoisotopic (exact) mass is 412 g/mol. The smallest absolute Gasteiger partial charge is 0.347 e. The number of ether oxygens (including phenoxy) is 1. The molecule has 0 saturated heterocycles. The Morgan fingerprint density at radius 3 is 2.69 bits per heavy atom. The van der Waals surface area contributed by atoms with Crippen molar-refractivity contribution < 1.29 is 9.15 Å². The molecule has 0 aliphatic carbocycles. The largest absolute Gasteiger partial charge is 0.490 e. The van der Waals surface area contributed by atoms with Crippen molar-refractivity contribution in [2.45, 2.75) is 20.8 Å². The van der Waals surface area contributed by atoms with E-state index in [1.54, 1.807) is 12.1 Å². The molecular formula is C20H17BrN2O3. The predicted octanol–water partition coefficient (Wildman–Crippen LogP) is 5.11. The van der Waals surface area contributed by atoms with E-state index in [2.05, 4.69) is 25.9 Å². The van der Waals surface area contributed by atoms with Crippen molar-refractivity contribution in [3.05, 3.63) is 56.4 Å². The maximum absolute atomic E-state index is 12.6. The lowest BCUT2D eigenvalue weighted by Gasteiger charge is -2.07. The van der Waals surface area contributed by atoms with Crippen LogP contribution in [0.2, 0.25) is 0 Å². The van der Waals surface area contributed by atoms with Crippen molar-refractivity contribution in [2.24, 2.45) is 0 Å². The molecule has 0 amide bonds. The summed E-state index contributed by atoms with van der Waals surface area (Å²) in [5.41, 5.74) is 4.43. The highest BCUT2D eigenvalue weighted by molar-refractivity contribution is 9.10. The summed E-state index contributed by atoms with van der Waals surface area (Å²) in [6, 6.07) is 9.51. The third-order valence-corrected chi connectivity index (χ3v) is 4.87. The van der Waals surface area contributed by atoms with Gasteiger partial charge < -0.3 is 14.1 Å². The highest BCUT2D eigenvalue weighted by Crippen LogP contribution is 2.31. The zero-order chi connectivity index (χ0) is 18.4. The van der Waals surface area contributed by atoms with E-state index in [9.17, 15) is 4.79 Å². The molecule has 4 rings (SSSR count). The number of nitrogens with one attached hydrogen (secondary N) is 1. The van der Waals surface area contributed by atoms with Crippen LogP contribution in [-0.2, 0) is 0 Å². The van der Waals surface area contributed by atoms with Crippen molar-refractivity contribution >= 4 is 37.9 Å². The molecule has 26 heavy (non-hydrogen) atoms. The Morgan fingerprint density at radius 1 is 1.15 bits per heavy atom. The Bertz CT molecular complexity index is 1170. The van der Waals surface area contributed by atoms with Crippen LogP contribution in [0.25, 0.3) is 33.4 Å². The minimum absolute atomic E-state index is 0.393. The normalized spacial score (nSPS) is 11.4. The molecule has 0 aliphatic rings. The van der Waals surface area contributed by atoms with Crippen LogP contribution in [0.4, 0.5) is 0 Å². The molecule has 1 N–H and O–H groups in total. The quantitative estimate of drug-likeness (QED) is 0.474. The number of rotatable bonds is 3. The number of fused-ring (bicyclic) bond motifs is 2. The van der Waals surface area contributed by atoms with Crippen LogP contribution in [0.5, 0.6) is 5.75 Å². The zero-order valence-electron chi connectivity index (χ0n) is 14.6. The van der Waals surface area contributed by atoms with Crippen LogP contribution in [-0.4, -0.2) is 16.6 Å². The second-order valence-electron chi connectivity index (χ2n) is 6.24. The van der Waals surface area contributed by atoms with Gasteiger partial charge in [-0.2, -0.15) is 0 Å². The highest BCUT2D eigenvalue weighted by atomic mass is 79.9. The first-order valence-electron chi connectivity index (χ1n) is 8.34. The number of hydrogen-bond donors (Lipinski definition) is 1. The Balaban J connectivity index is 1.94. The number of aryl methyl sites for hydroxylation is 2. The number of aromatic nitrogens is 2. The molecule has 4 aromatic rings. The molecule has 0 unspecified atom stereocenters. The average Bonchev–Trinajstić information content (AvgIpc) is 2.98. The van der Waals surface area contributed by atoms with Gasteiger partial charge in [-0.15, -0.1) is 0 Å². The average molecular weight is 413 g/mol. The lowest BCUT2D eigenvalue weighted by Crippen LogP contribution is -2.05. The van der Waals surface area contributed by atoms with Gasteiger partial charge in [-0.05, 0) is 62.2 Å². The second kappa shape index (κ2) is 6.29. The summed E-state index contributed by atoms with van der Waals surface area (Å²) in [5, 5.41) is 0.769. The van der Waals surface area contributed by atoms with Gasteiger partial charge in [0.1, 0.15) is 11.4 Å². The molecule has 5 nitrogen and oxygen atoms in total. The van der Waals surface area contributed by atoms with Crippen molar-refractivity contribution in [1.29, 1.82) is 0 Å². The van der Waals surface area contributed by atoms with E-state index >= 15 is 0 Å². The molecule has 132 valence electrons. The topological polar surface area (TPSA) is 68.1 Å². The predicted molar refractivity (Wildman–Crippen MR) is 106 cm³/mol. The molecule has 2 heterocycles. The summed E-state index contributed by atoms with van der Waals surface area (Å²) in [6.07, 6.45) is 0. The fourth-order valence-corrected chi connectivity index (χ4v) is 3.45. The van der Waals surface area contributed by atoms with E-state index in [4.69, 9.17) is 9.15 Å². The van der Waals surface area contributed by atoms with Gasteiger partial charge in [0, 0.05) is 9.86 Å². The maximum atomic E-state index is 12.6. The lowest BCUT2D eigenvalue weighted by atomic mass is 10.1. The summed E-state index contributed by atoms with van der Waals surface area (Å²) in [4.78, 5) is 20.4. The van der Waals surface area contributed by atoms with Crippen molar-refractivity contribution in [3.63, 3.8) is 0 Å². The second-order valence-corrected chi connectivity index (χ2v) is 7.16. The van der Waals surface area contributed by atoms with Crippen LogP contribution in [0, 0.1) is 13.8 Å². The van der Waals surface area contributed by atoms with Crippen molar-refractivity contribution in [1.82, 2.24) is 9.97 Å². The fourth-order valence-electron chi connectivity index (χ4n) is 2.99. The van der Waals surface area contributed by atoms with Crippen molar-refractivity contribution in [3.8, 4) is 17.1 Å². The lowest BCUT2D eigenvalue weighted by molar-refractivity contribution is 0.337. The molecule has 0 aliphatic heterocycles. The van der Waals surface area contributed by atoms with Gasteiger partial charge in [-0.3, -0.25) is 0 Å². The zero-order valence-corrected chi connectivity index (χ0v) is 16.2. The van der Waals surface area contributed by atoms with Gasteiger partial charge in [0.05, 0.1) is 17.6 Å². The van der Waals surface area contributed by atoms with Gasteiger partial charge in [-0.25, -0.2) is 9.78 Å². The summed E-state index contributed by atoms with van der Waals surface area (Å²) in [5.74, 6) is 1.04. The van der Waals surface area contributed by atoms with E-state index in [0.717, 1.165) is 26.5 Å². The maximum Gasteiger partial charge on any atom is 0.347 e. The Hall–Kier alpha value is -2.60. The summed E-state index contributed by atoms with van der Waals surface area (Å²) < 4.78 is 12.0. The highest BCUT2D eigenvalue weighted by Gasteiger charge is 2.15. The third kappa shape index (κ3) is 2.80. The fraction of sp³-hybridized carbons (Fsp3) is 0.200. The van der Waals surface area contributed by atoms with E-state index in [1.165, 1.54) is 5.56 Å². The number of halogens is 1. The third-order valence-electron chi connectivity index (χ3n) is 4.42. The number of hydrogen-bond acceptors (Lipinski definition) is 4.